The van der Waals surface area contributed by atoms with E-state index in [0.29, 0.717) is 18.6 Å². The van der Waals surface area contributed by atoms with E-state index in [1.807, 2.05) is 38.1 Å². The number of Topliss-reactive ketones (excluding diaryl/α,β-unsaturated/α-hetero) is 2. The van der Waals surface area contributed by atoms with Crippen molar-refractivity contribution >= 4 is 17.3 Å². The van der Waals surface area contributed by atoms with E-state index in [9.17, 15) is 9.59 Å². The second-order valence-corrected chi connectivity index (χ2v) is 4.31. The Bertz CT molecular complexity index is 425. The number of ketones is 2. The Balaban J connectivity index is 3.00. The van der Waals surface area contributed by atoms with Crippen LogP contribution in [0.25, 0.3) is 0 Å². The highest BCUT2D eigenvalue weighted by molar-refractivity contribution is 5.88. The number of anilines is 1. The Morgan fingerprint density at radius 2 is 1.58 bits per heavy atom. The topological polar surface area (TPSA) is 46.6 Å². The first-order valence-electron chi connectivity index (χ1n) is 6.53. The fourth-order valence-electron chi connectivity index (χ4n) is 1.77. The van der Waals surface area contributed by atoms with Crippen LogP contribution in [0.2, 0.25) is 0 Å². The van der Waals surface area contributed by atoms with E-state index < -0.39 is 0 Å². The van der Waals surface area contributed by atoms with Gasteiger partial charge >= 0.3 is 0 Å². The van der Waals surface area contributed by atoms with Gasteiger partial charge in [-0.1, -0.05) is 26.0 Å². The molecule has 1 aromatic carbocycles. The summed E-state index contributed by atoms with van der Waals surface area (Å²) >= 11 is 0. The van der Waals surface area contributed by atoms with Crippen LogP contribution in [0.5, 0.6) is 5.75 Å². The molecule has 0 aliphatic heterocycles. The molecule has 1 rings (SSSR count). The molecule has 0 fully saturated rings. The van der Waals surface area contributed by atoms with Gasteiger partial charge in [0.25, 0.3) is 0 Å². The molecule has 104 valence electrons. The molecule has 0 saturated heterocycles. The van der Waals surface area contributed by atoms with Crippen molar-refractivity contribution in [2.75, 3.05) is 25.1 Å². The number of benzene rings is 1. The third kappa shape index (κ3) is 4.39. The summed E-state index contributed by atoms with van der Waals surface area (Å²) in [5, 5.41) is 0. The zero-order chi connectivity index (χ0) is 14.3. The third-order valence-electron chi connectivity index (χ3n) is 2.95. The summed E-state index contributed by atoms with van der Waals surface area (Å²) in [7, 11) is 1.58. The number of hydrogen-bond acceptors (Lipinski definition) is 4. The van der Waals surface area contributed by atoms with Gasteiger partial charge in [0.1, 0.15) is 5.75 Å². The highest BCUT2D eigenvalue weighted by Gasteiger charge is 2.16. The van der Waals surface area contributed by atoms with Crippen molar-refractivity contribution in [1.82, 2.24) is 0 Å². The molecule has 1 aromatic rings. The molecule has 0 radical (unpaired) electrons. The average molecular weight is 263 g/mol. The Kier molecular flexibility index (Phi) is 6.06. The molecule has 0 amide bonds. The summed E-state index contributed by atoms with van der Waals surface area (Å²) in [6.07, 6.45) is 0.929. The van der Waals surface area contributed by atoms with E-state index in [1.54, 1.807) is 12.0 Å². The number of ether oxygens (including phenoxy) is 1. The van der Waals surface area contributed by atoms with Crippen LogP contribution in [0.15, 0.2) is 24.3 Å². The first kappa shape index (κ1) is 15.2. The van der Waals surface area contributed by atoms with Gasteiger partial charge in [0, 0.05) is 12.8 Å². The number of methoxy groups -OCH3 is 1. The van der Waals surface area contributed by atoms with E-state index in [1.165, 1.54) is 0 Å². The van der Waals surface area contributed by atoms with Gasteiger partial charge < -0.3 is 9.64 Å². The Morgan fingerprint density at radius 3 is 2.05 bits per heavy atom. The number of nitrogens with zero attached hydrogens (tertiary/aromatic N) is 1. The van der Waals surface area contributed by atoms with Crippen molar-refractivity contribution in [3.63, 3.8) is 0 Å². The van der Waals surface area contributed by atoms with Gasteiger partial charge in [-0.25, -0.2) is 0 Å². The Labute approximate surface area is 114 Å². The lowest BCUT2D eigenvalue weighted by molar-refractivity contribution is -0.118. The van der Waals surface area contributed by atoms with Gasteiger partial charge in [-0.2, -0.15) is 0 Å². The quantitative estimate of drug-likeness (QED) is 0.723. The number of rotatable bonds is 8. The van der Waals surface area contributed by atoms with Gasteiger partial charge in [0.05, 0.1) is 25.9 Å². The summed E-state index contributed by atoms with van der Waals surface area (Å²) in [5.41, 5.74) is 0.786. The lowest BCUT2D eigenvalue weighted by atomic mass is 10.2. The highest BCUT2D eigenvalue weighted by atomic mass is 16.5. The van der Waals surface area contributed by atoms with Crippen LogP contribution in [0.4, 0.5) is 5.69 Å². The molecule has 0 saturated carbocycles. The molecule has 4 nitrogen and oxygen atoms in total. The van der Waals surface area contributed by atoms with Crippen molar-refractivity contribution in [3.05, 3.63) is 24.3 Å². The van der Waals surface area contributed by atoms with Gasteiger partial charge in [-0.3, -0.25) is 9.59 Å². The summed E-state index contributed by atoms with van der Waals surface area (Å²) in [6, 6.07) is 7.43. The monoisotopic (exact) mass is 263 g/mol. The smallest absolute Gasteiger partial charge is 0.151 e. The minimum Gasteiger partial charge on any atom is -0.495 e. The molecular weight excluding hydrogens is 242 g/mol. The van der Waals surface area contributed by atoms with E-state index in [4.69, 9.17) is 4.74 Å². The molecule has 0 N–H and O–H groups in total. The van der Waals surface area contributed by atoms with Crippen molar-refractivity contribution < 1.29 is 14.3 Å². The predicted molar refractivity (Wildman–Crippen MR) is 75.8 cm³/mol. The van der Waals surface area contributed by atoms with Gasteiger partial charge in [0.2, 0.25) is 0 Å². The molecule has 0 bridgehead atoms. The SMILES string of the molecule is CCC(=O)CN(CC(=O)CC)c1ccccc1OC. The standard InChI is InChI=1S/C15H21NO3/c1-4-12(17)10-16(11-13(18)5-2)14-8-6-7-9-15(14)19-3/h6-9H,4-5,10-11H2,1-3H3. The normalized spacial score (nSPS) is 10.1. The van der Waals surface area contributed by atoms with Gasteiger partial charge in [-0.05, 0) is 12.1 Å². The molecular formula is C15H21NO3. The molecule has 0 aliphatic rings. The maximum Gasteiger partial charge on any atom is 0.151 e. The van der Waals surface area contributed by atoms with Crippen molar-refractivity contribution in [1.29, 1.82) is 0 Å². The zero-order valence-corrected chi connectivity index (χ0v) is 11.8. The molecule has 4 heteroatoms. The zero-order valence-electron chi connectivity index (χ0n) is 11.8. The summed E-state index contributed by atoms with van der Waals surface area (Å²) in [4.78, 5) is 25.1. The Morgan fingerprint density at radius 1 is 1.05 bits per heavy atom. The van der Waals surface area contributed by atoms with Gasteiger partial charge in [-0.15, -0.1) is 0 Å². The van der Waals surface area contributed by atoms with Crippen LogP contribution < -0.4 is 9.64 Å². The first-order valence-corrected chi connectivity index (χ1v) is 6.53. The van der Waals surface area contributed by atoms with Crippen molar-refractivity contribution in [2.45, 2.75) is 26.7 Å². The summed E-state index contributed by atoms with van der Waals surface area (Å²) in [6.45, 7) is 4.12. The van der Waals surface area contributed by atoms with E-state index in [2.05, 4.69) is 0 Å². The van der Waals surface area contributed by atoms with Crippen LogP contribution in [-0.4, -0.2) is 31.8 Å². The van der Waals surface area contributed by atoms with E-state index >= 15 is 0 Å². The molecule has 0 atom stereocenters. The fourth-order valence-corrected chi connectivity index (χ4v) is 1.77. The number of para-hydroxylation sites is 2. The second kappa shape index (κ2) is 7.56. The third-order valence-corrected chi connectivity index (χ3v) is 2.95. The maximum absolute atomic E-state index is 11.7. The Hall–Kier alpha value is -1.84. The minimum absolute atomic E-state index is 0.106. The van der Waals surface area contributed by atoms with Crippen LogP contribution in [0.1, 0.15) is 26.7 Å². The van der Waals surface area contributed by atoms with Crippen LogP contribution in [0.3, 0.4) is 0 Å². The number of hydrogen-bond donors (Lipinski definition) is 0. The maximum atomic E-state index is 11.7. The van der Waals surface area contributed by atoms with Crippen molar-refractivity contribution in [3.8, 4) is 5.75 Å². The minimum atomic E-state index is 0.106. The lowest BCUT2D eigenvalue weighted by Crippen LogP contribution is -2.34. The van der Waals surface area contributed by atoms with Gasteiger partial charge in [0.15, 0.2) is 11.6 Å². The van der Waals surface area contributed by atoms with E-state index in [0.717, 1.165) is 5.69 Å². The summed E-state index contributed by atoms with van der Waals surface area (Å²) in [5.74, 6) is 0.889. The first-order chi connectivity index (χ1) is 9.12. The average Bonchev–Trinajstić information content (AvgIpc) is 2.46. The molecule has 0 spiro atoms. The van der Waals surface area contributed by atoms with Crippen LogP contribution >= 0.6 is 0 Å². The van der Waals surface area contributed by atoms with Crippen LogP contribution in [0, 0.1) is 0 Å². The fraction of sp³-hybridized carbons (Fsp3) is 0.467. The molecule has 19 heavy (non-hydrogen) atoms. The largest absolute Gasteiger partial charge is 0.495 e. The predicted octanol–water partition coefficient (Wildman–Crippen LogP) is 2.46. The van der Waals surface area contributed by atoms with Crippen LogP contribution in [-0.2, 0) is 9.59 Å². The second-order valence-electron chi connectivity index (χ2n) is 4.31. The number of carbonyl (C=O) groups excluding carboxylic acids is 2. The molecule has 0 aromatic heterocycles. The molecule has 0 aliphatic carbocycles. The number of carbonyl (C=O) groups is 2. The van der Waals surface area contributed by atoms with E-state index in [-0.39, 0.29) is 24.7 Å². The lowest BCUT2D eigenvalue weighted by Gasteiger charge is -2.24. The summed E-state index contributed by atoms with van der Waals surface area (Å²) < 4.78 is 5.29. The molecule has 0 heterocycles. The molecule has 0 unspecified atom stereocenters. The van der Waals surface area contributed by atoms with Crippen molar-refractivity contribution in [2.24, 2.45) is 0 Å². The highest BCUT2D eigenvalue weighted by Crippen LogP contribution is 2.27.